The first-order chi connectivity index (χ1) is 9.42. The lowest BCUT2D eigenvalue weighted by Crippen LogP contribution is -2.32. The van der Waals surface area contributed by atoms with Crippen molar-refractivity contribution in [1.82, 2.24) is 9.62 Å². The molecule has 1 aliphatic rings. The minimum atomic E-state index is -3.13. The van der Waals surface area contributed by atoms with Crippen LogP contribution in [0.2, 0.25) is 0 Å². The Morgan fingerprint density at radius 1 is 1.25 bits per heavy atom. The molecule has 1 aliphatic heterocycles. The Labute approximate surface area is 122 Å². The van der Waals surface area contributed by atoms with Crippen LogP contribution >= 0.6 is 0 Å². The number of nitrogens with one attached hydrogen (secondary N) is 1. The molecule has 1 aromatic rings. The molecule has 0 aliphatic carbocycles. The zero-order chi connectivity index (χ0) is 14.6. The lowest BCUT2D eigenvalue weighted by Gasteiger charge is -2.30. The molecule has 0 amide bonds. The number of sulfonamides is 1. The number of likely N-dealkylation sites (tertiary alicyclic amines) is 1. The second kappa shape index (κ2) is 6.70. The highest BCUT2D eigenvalue weighted by Gasteiger charge is 2.15. The van der Waals surface area contributed by atoms with E-state index in [0.29, 0.717) is 6.54 Å². The predicted molar refractivity (Wildman–Crippen MR) is 81.8 cm³/mol. The van der Waals surface area contributed by atoms with Gasteiger partial charge in [-0.05, 0) is 43.0 Å². The predicted octanol–water partition coefficient (Wildman–Crippen LogP) is 1.97. The molecule has 1 heterocycles. The summed E-state index contributed by atoms with van der Waals surface area (Å²) in [7, 11) is -3.13. The summed E-state index contributed by atoms with van der Waals surface area (Å²) in [6.45, 7) is 5.96. The molecule has 1 N–H and O–H groups in total. The van der Waals surface area contributed by atoms with E-state index in [1.165, 1.54) is 24.7 Å². The quantitative estimate of drug-likeness (QED) is 0.904. The zero-order valence-corrected chi connectivity index (χ0v) is 13.1. The van der Waals surface area contributed by atoms with Crippen molar-refractivity contribution in [3.63, 3.8) is 0 Å². The molecule has 1 aromatic carbocycles. The number of hydrogen-bond acceptors (Lipinski definition) is 3. The van der Waals surface area contributed by atoms with Gasteiger partial charge in [-0.25, -0.2) is 13.1 Å². The van der Waals surface area contributed by atoms with E-state index in [4.69, 9.17) is 0 Å². The van der Waals surface area contributed by atoms with Gasteiger partial charge in [-0.1, -0.05) is 31.2 Å². The fourth-order valence-corrected chi connectivity index (χ4v) is 2.96. The summed E-state index contributed by atoms with van der Waals surface area (Å²) < 4.78 is 24.8. The standard InChI is InChI=1S/C15H24N2O2S/c1-13-6-8-17(9-7-13)12-15-5-3-4-14(10-15)11-16-20(2,18)19/h3-5,10,13,16H,6-9,11-12H2,1-2H3. The average molecular weight is 296 g/mol. The maximum Gasteiger partial charge on any atom is 0.209 e. The normalized spacial score (nSPS) is 18.3. The van der Waals surface area contributed by atoms with E-state index in [1.54, 1.807) is 0 Å². The van der Waals surface area contributed by atoms with Crippen molar-refractivity contribution in [3.05, 3.63) is 35.4 Å². The van der Waals surface area contributed by atoms with Crippen molar-refractivity contribution in [2.45, 2.75) is 32.9 Å². The van der Waals surface area contributed by atoms with Crippen LogP contribution in [0.4, 0.5) is 0 Å². The number of rotatable bonds is 5. The van der Waals surface area contributed by atoms with Gasteiger partial charge in [-0.2, -0.15) is 0 Å². The SMILES string of the molecule is CC1CCN(Cc2cccc(CNS(C)(=O)=O)c2)CC1. The zero-order valence-electron chi connectivity index (χ0n) is 12.3. The van der Waals surface area contributed by atoms with Crippen LogP contribution in [0.15, 0.2) is 24.3 Å². The lowest BCUT2D eigenvalue weighted by molar-refractivity contribution is 0.185. The number of piperidine rings is 1. The Bertz CT molecular complexity index is 535. The molecule has 4 nitrogen and oxygen atoms in total. The first-order valence-electron chi connectivity index (χ1n) is 7.17. The van der Waals surface area contributed by atoms with Crippen LogP contribution in [0.3, 0.4) is 0 Å². The van der Waals surface area contributed by atoms with Crippen molar-refractivity contribution in [2.75, 3.05) is 19.3 Å². The molecule has 0 saturated carbocycles. The highest BCUT2D eigenvalue weighted by molar-refractivity contribution is 7.88. The minimum Gasteiger partial charge on any atom is -0.299 e. The largest absolute Gasteiger partial charge is 0.299 e. The van der Waals surface area contributed by atoms with Gasteiger partial charge in [0.1, 0.15) is 0 Å². The van der Waals surface area contributed by atoms with Gasteiger partial charge in [-0.3, -0.25) is 4.90 Å². The third-order valence-electron chi connectivity index (χ3n) is 3.81. The summed E-state index contributed by atoms with van der Waals surface area (Å²) in [6, 6.07) is 8.17. The van der Waals surface area contributed by atoms with E-state index in [0.717, 1.165) is 31.1 Å². The Morgan fingerprint density at radius 2 is 1.90 bits per heavy atom. The Morgan fingerprint density at radius 3 is 2.55 bits per heavy atom. The Kier molecular flexibility index (Phi) is 5.18. The molecule has 0 radical (unpaired) electrons. The van der Waals surface area contributed by atoms with E-state index in [1.807, 2.05) is 12.1 Å². The molecule has 5 heteroatoms. The van der Waals surface area contributed by atoms with Crippen LogP contribution in [0.5, 0.6) is 0 Å². The lowest BCUT2D eigenvalue weighted by atomic mass is 9.98. The third-order valence-corrected chi connectivity index (χ3v) is 4.48. The fourth-order valence-electron chi connectivity index (χ4n) is 2.53. The van der Waals surface area contributed by atoms with E-state index in [2.05, 4.69) is 28.7 Å². The van der Waals surface area contributed by atoms with Gasteiger partial charge in [0, 0.05) is 13.1 Å². The molecule has 0 spiro atoms. The molecule has 2 rings (SSSR count). The molecule has 0 atom stereocenters. The van der Waals surface area contributed by atoms with Crippen molar-refractivity contribution >= 4 is 10.0 Å². The van der Waals surface area contributed by atoms with Crippen LogP contribution in [-0.2, 0) is 23.1 Å². The smallest absolute Gasteiger partial charge is 0.209 e. The van der Waals surface area contributed by atoms with Crippen LogP contribution in [-0.4, -0.2) is 32.7 Å². The van der Waals surface area contributed by atoms with Gasteiger partial charge in [-0.15, -0.1) is 0 Å². The average Bonchev–Trinajstić information content (AvgIpc) is 2.39. The summed E-state index contributed by atoms with van der Waals surface area (Å²) in [5.41, 5.74) is 2.27. The molecular weight excluding hydrogens is 272 g/mol. The monoisotopic (exact) mass is 296 g/mol. The van der Waals surface area contributed by atoms with Gasteiger partial charge in [0.25, 0.3) is 0 Å². The summed E-state index contributed by atoms with van der Waals surface area (Å²) in [5.74, 6) is 0.844. The summed E-state index contributed by atoms with van der Waals surface area (Å²) in [4.78, 5) is 2.48. The van der Waals surface area contributed by atoms with Crippen LogP contribution in [0, 0.1) is 5.92 Å². The van der Waals surface area contributed by atoms with Crippen molar-refractivity contribution in [1.29, 1.82) is 0 Å². The summed E-state index contributed by atoms with van der Waals surface area (Å²) in [5, 5.41) is 0. The summed E-state index contributed by atoms with van der Waals surface area (Å²) >= 11 is 0. The van der Waals surface area contributed by atoms with Gasteiger partial charge < -0.3 is 0 Å². The molecule has 0 aromatic heterocycles. The molecule has 0 bridgehead atoms. The first kappa shape index (κ1) is 15.5. The highest BCUT2D eigenvalue weighted by atomic mass is 32.2. The highest BCUT2D eigenvalue weighted by Crippen LogP contribution is 2.18. The van der Waals surface area contributed by atoms with Crippen molar-refractivity contribution < 1.29 is 8.42 Å². The molecule has 1 saturated heterocycles. The second-order valence-electron chi connectivity index (χ2n) is 5.87. The second-order valence-corrected chi connectivity index (χ2v) is 7.70. The molecule has 0 unspecified atom stereocenters. The van der Waals surface area contributed by atoms with Gasteiger partial charge in [0.2, 0.25) is 10.0 Å². The fraction of sp³-hybridized carbons (Fsp3) is 0.600. The van der Waals surface area contributed by atoms with Crippen LogP contribution in [0.25, 0.3) is 0 Å². The Hall–Kier alpha value is -0.910. The Balaban J connectivity index is 1.92. The van der Waals surface area contributed by atoms with Crippen molar-refractivity contribution in [3.8, 4) is 0 Å². The van der Waals surface area contributed by atoms with Crippen LogP contribution < -0.4 is 4.72 Å². The van der Waals surface area contributed by atoms with E-state index in [-0.39, 0.29) is 0 Å². The first-order valence-corrected chi connectivity index (χ1v) is 9.06. The molecular formula is C15H24N2O2S. The minimum absolute atomic E-state index is 0.365. The number of hydrogen-bond donors (Lipinski definition) is 1. The molecule has 112 valence electrons. The topological polar surface area (TPSA) is 49.4 Å². The maximum atomic E-state index is 11.1. The van der Waals surface area contributed by atoms with Gasteiger partial charge in [0.15, 0.2) is 0 Å². The molecule has 20 heavy (non-hydrogen) atoms. The third kappa shape index (κ3) is 5.23. The number of nitrogens with zero attached hydrogens (tertiary/aromatic N) is 1. The molecule has 1 fully saturated rings. The van der Waals surface area contributed by atoms with Crippen molar-refractivity contribution in [2.24, 2.45) is 5.92 Å². The summed E-state index contributed by atoms with van der Waals surface area (Å²) in [6.07, 6.45) is 3.73. The van der Waals surface area contributed by atoms with Crippen LogP contribution in [0.1, 0.15) is 30.9 Å². The van der Waals surface area contributed by atoms with E-state index < -0.39 is 10.0 Å². The van der Waals surface area contributed by atoms with E-state index >= 15 is 0 Å². The van der Waals surface area contributed by atoms with E-state index in [9.17, 15) is 8.42 Å². The maximum absolute atomic E-state index is 11.1. The van der Waals surface area contributed by atoms with Gasteiger partial charge >= 0.3 is 0 Å². The van der Waals surface area contributed by atoms with Gasteiger partial charge in [0.05, 0.1) is 6.26 Å². The number of benzene rings is 1.